The van der Waals surface area contributed by atoms with E-state index < -0.39 is 54.0 Å². The average Bonchev–Trinajstić information content (AvgIpc) is 2.65. The lowest BCUT2D eigenvalue weighted by molar-refractivity contribution is -0.142. The van der Waals surface area contributed by atoms with Gasteiger partial charge in [0.05, 0.1) is 12.1 Å². The Morgan fingerprint density at radius 3 is 2.10 bits per heavy atom. The van der Waals surface area contributed by atoms with Crippen LogP contribution >= 0.6 is 12.6 Å². The van der Waals surface area contributed by atoms with Crippen LogP contribution in [0.1, 0.15) is 26.7 Å². The molecule has 0 spiro atoms. The van der Waals surface area contributed by atoms with E-state index in [4.69, 9.17) is 22.3 Å². The van der Waals surface area contributed by atoms with Crippen LogP contribution in [0.4, 0.5) is 0 Å². The van der Waals surface area contributed by atoms with Gasteiger partial charge < -0.3 is 43.4 Å². The number of hydrogen-bond donors (Lipinski definition) is 9. The van der Waals surface area contributed by atoms with Gasteiger partial charge in [0.1, 0.15) is 18.1 Å². The third kappa shape index (κ3) is 10.3. The van der Waals surface area contributed by atoms with Crippen LogP contribution in [0.15, 0.2) is 4.99 Å². The number of carboxylic acid groups (broad SMARTS) is 1. The molecule has 0 bridgehead atoms. The molecular formula is C16H31N7O6S. The Morgan fingerprint density at radius 2 is 1.63 bits per heavy atom. The fourth-order valence-corrected chi connectivity index (χ4v) is 2.41. The van der Waals surface area contributed by atoms with Gasteiger partial charge in [-0.25, -0.2) is 4.79 Å². The molecule has 0 aliphatic carbocycles. The third-order valence-corrected chi connectivity index (χ3v) is 4.28. The molecule has 0 rings (SSSR count). The first kappa shape index (κ1) is 27.4. The number of guanidine groups is 1. The molecule has 0 fully saturated rings. The van der Waals surface area contributed by atoms with Gasteiger partial charge in [0.25, 0.3) is 0 Å². The molecule has 0 aliphatic rings. The average molecular weight is 450 g/mol. The molecule has 5 unspecified atom stereocenters. The SMILES string of the molecule is CC(NC(=O)C(N)CCCN=C(N)N)C(=O)NC(C(=O)NC(CS)C(=O)O)C(C)O. The molecule has 13 nitrogen and oxygen atoms in total. The Balaban J connectivity index is 4.78. The van der Waals surface area contributed by atoms with Crippen molar-refractivity contribution in [1.29, 1.82) is 0 Å². The second-order valence-electron chi connectivity index (χ2n) is 6.59. The summed E-state index contributed by atoms with van der Waals surface area (Å²) in [5.74, 6) is -3.84. The maximum Gasteiger partial charge on any atom is 0.327 e. The van der Waals surface area contributed by atoms with Crippen molar-refractivity contribution in [2.24, 2.45) is 22.2 Å². The van der Waals surface area contributed by atoms with Gasteiger partial charge in [0.2, 0.25) is 17.7 Å². The normalized spacial score (nSPS) is 15.6. The first-order valence-electron chi connectivity index (χ1n) is 9.14. The predicted octanol–water partition coefficient (Wildman–Crippen LogP) is -3.76. The highest BCUT2D eigenvalue weighted by molar-refractivity contribution is 7.80. The maximum absolute atomic E-state index is 12.3. The Morgan fingerprint density at radius 1 is 1.03 bits per heavy atom. The van der Waals surface area contributed by atoms with Gasteiger partial charge >= 0.3 is 5.97 Å². The number of rotatable bonds is 13. The second-order valence-corrected chi connectivity index (χ2v) is 6.96. The topological polar surface area (TPSA) is 235 Å². The number of carbonyl (C=O) groups excluding carboxylic acids is 3. The molecule has 0 aromatic heterocycles. The number of carbonyl (C=O) groups is 4. The van der Waals surface area contributed by atoms with Crippen LogP contribution in [0.5, 0.6) is 0 Å². The number of carboxylic acids is 1. The molecule has 0 aromatic carbocycles. The van der Waals surface area contributed by atoms with Crippen molar-refractivity contribution in [3.8, 4) is 0 Å². The molecule has 11 N–H and O–H groups in total. The number of aliphatic hydroxyl groups is 1. The van der Waals surface area contributed by atoms with E-state index in [1.807, 2.05) is 0 Å². The number of thiol groups is 1. The van der Waals surface area contributed by atoms with E-state index in [0.717, 1.165) is 0 Å². The summed E-state index contributed by atoms with van der Waals surface area (Å²) < 4.78 is 0. The van der Waals surface area contributed by atoms with Gasteiger partial charge in [0, 0.05) is 12.3 Å². The van der Waals surface area contributed by atoms with E-state index in [-0.39, 0.29) is 18.1 Å². The number of aliphatic imine (C=N–C) groups is 1. The quantitative estimate of drug-likeness (QED) is 0.0580. The van der Waals surface area contributed by atoms with E-state index in [9.17, 15) is 24.3 Å². The summed E-state index contributed by atoms with van der Waals surface area (Å²) in [4.78, 5) is 51.4. The summed E-state index contributed by atoms with van der Waals surface area (Å²) in [6, 6.07) is -4.72. The number of nitrogens with two attached hydrogens (primary N) is 3. The van der Waals surface area contributed by atoms with Crippen LogP contribution in [0.3, 0.4) is 0 Å². The summed E-state index contributed by atoms with van der Waals surface area (Å²) in [6.45, 7) is 2.91. The first-order chi connectivity index (χ1) is 13.9. The predicted molar refractivity (Wildman–Crippen MR) is 113 cm³/mol. The van der Waals surface area contributed by atoms with E-state index in [0.29, 0.717) is 13.0 Å². The zero-order chi connectivity index (χ0) is 23.4. The number of nitrogens with one attached hydrogen (secondary N) is 3. The number of amides is 3. The van der Waals surface area contributed by atoms with Gasteiger partial charge in [-0.05, 0) is 26.7 Å². The van der Waals surface area contributed by atoms with Crippen LogP contribution in [-0.4, -0.2) is 82.4 Å². The van der Waals surface area contributed by atoms with Crippen LogP contribution in [-0.2, 0) is 19.2 Å². The van der Waals surface area contributed by atoms with Gasteiger partial charge in [-0.1, -0.05) is 0 Å². The zero-order valence-corrected chi connectivity index (χ0v) is 17.8. The fraction of sp³-hybridized carbons (Fsp3) is 0.688. The largest absolute Gasteiger partial charge is 0.480 e. The summed E-state index contributed by atoms with van der Waals surface area (Å²) in [5, 5.41) is 25.6. The lowest BCUT2D eigenvalue weighted by Crippen LogP contribution is -2.59. The number of aliphatic hydroxyl groups excluding tert-OH is 1. The van der Waals surface area contributed by atoms with Crippen LogP contribution < -0.4 is 33.2 Å². The first-order valence-corrected chi connectivity index (χ1v) is 9.77. The van der Waals surface area contributed by atoms with Crippen molar-refractivity contribution in [2.45, 2.75) is 57.0 Å². The monoisotopic (exact) mass is 449 g/mol. The number of nitrogens with zero attached hydrogens (tertiary/aromatic N) is 1. The molecule has 0 saturated carbocycles. The lowest BCUT2D eigenvalue weighted by Gasteiger charge is -2.25. The smallest absolute Gasteiger partial charge is 0.327 e. The molecule has 0 aliphatic heterocycles. The lowest BCUT2D eigenvalue weighted by atomic mass is 10.1. The van der Waals surface area contributed by atoms with E-state index >= 15 is 0 Å². The molecular weight excluding hydrogens is 418 g/mol. The van der Waals surface area contributed by atoms with Gasteiger partial charge in [0.15, 0.2) is 5.96 Å². The van der Waals surface area contributed by atoms with Crippen LogP contribution in [0.2, 0.25) is 0 Å². The molecule has 0 aromatic rings. The Kier molecular flexibility index (Phi) is 12.4. The Bertz CT molecular complexity index is 642. The molecule has 5 atom stereocenters. The molecule has 3 amide bonds. The van der Waals surface area contributed by atoms with E-state index in [2.05, 4.69) is 33.6 Å². The van der Waals surface area contributed by atoms with Crippen LogP contribution in [0.25, 0.3) is 0 Å². The highest BCUT2D eigenvalue weighted by atomic mass is 32.1. The minimum Gasteiger partial charge on any atom is -0.480 e. The van der Waals surface area contributed by atoms with Gasteiger partial charge in [-0.3, -0.25) is 19.4 Å². The van der Waals surface area contributed by atoms with E-state index in [1.165, 1.54) is 13.8 Å². The minimum absolute atomic E-state index is 0.0703. The molecule has 0 heterocycles. The van der Waals surface area contributed by atoms with Crippen molar-refractivity contribution in [3.63, 3.8) is 0 Å². The zero-order valence-electron chi connectivity index (χ0n) is 16.9. The minimum atomic E-state index is -1.44. The Hall–Kier alpha value is -2.58. The van der Waals surface area contributed by atoms with Gasteiger partial charge in [-0.15, -0.1) is 0 Å². The summed E-state index contributed by atoms with van der Waals surface area (Å²) >= 11 is 3.83. The highest BCUT2D eigenvalue weighted by Crippen LogP contribution is 2.00. The second kappa shape index (κ2) is 13.6. The van der Waals surface area contributed by atoms with Crippen LogP contribution in [0, 0.1) is 0 Å². The molecule has 172 valence electrons. The van der Waals surface area contributed by atoms with Crippen molar-refractivity contribution in [2.75, 3.05) is 12.3 Å². The third-order valence-electron chi connectivity index (χ3n) is 3.92. The van der Waals surface area contributed by atoms with Crippen molar-refractivity contribution in [3.05, 3.63) is 0 Å². The maximum atomic E-state index is 12.3. The summed E-state index contributed by atoms with van der Waals surface area (Å²) in [5.41, 5.74) is 16.1. The molecule has 30 heavy (non-hydrogen) atoms. The van der Waals surface area contributed by atoms with Crippen molar-refractivity contribution < 1.29 is 29.4 Å². The molecule has 0 radical (unpaired) electrons. The van der Waals surface area contributed by atoms with Gasteiger partial charge in [-0.2, -0.15) is 12.6 Å². The summed E-state index contributed by atoms with van der Waals surface area (Å²) in [6.07, 6.45) is -0.604. The number of hydrogen-bond acceptors (Lipinski definition) is 8. The molecule has 14 heteroatoms. The molecule has 0 saturated heterocycles. The van der Waals surface area contributed by atoms with Crippen molar-refractivity contribution >= 4 is 42.3 Å². The Labute approximate surface area is 179 Å². The standard InChI is InChI=1S/C16H31N7O6S/c1-7(21-13(26)9(17)4-3-5-20-16(18)19)12(25)23-11(8(2)24)14(27)22-10(6-30)15(28)29/h7-11,24,30H,3-6,17H2,1-2H3,(H,21,26)(H,22,27)(H,23,25)(H,28,29)(H4,18,19,20). The fourth-order valence-electron chi connectivity index (χ4n) is 2.17. The van der Waals surface area contributed by atoms with Crippen molar-refractivity contribution in [1.82, 2.24) is 16.0 Å². The highest BCUT2D eigenvalue weighted by Gasteiger charge is 2.31. The number of aliphatic carboxylic acids is 1. The summed E-state index contributed by atoms with van der Waals surface area (Å²) in [7, 11) is 0. The van der Waals surface area contributed by atoms with E-state index in [1.54, 1.807) is 0 Å².